The van der Waals surface area contributed by atoms with E-state index in [-0.39, 0.29) is 11.2 Å². The molecular formula is C16H23ClFN. The summed E-state index contributed by atoms with van der Waals surface area (Å²) < 4.78 is 13.9. The number of likely N-dealkylation sites (N-methyl/N-ethyl adjacent to an activating group) is 1. The van der Waals surface area contributed by atoms with Crippen LogP contribution in [-0.4, -0.2) is 13.1 Å². The highest BCUT2D eigenvalue weighted by molar-refractivity contribution is 6.30. The van der Waals surface area contributed by atoms with Crippen LogP contribution in [0.1, 0.15) is 44.6 Å². The molecule has 2 rings (SSSR count). The highest BCUT2D eigenvalue weighted by Crippen LogP contribution is 2.40. The Morgan fingerprint density at radius 3 is 2.63 bits per heavy atom. The van der Waals surface area contributed by atoms with E-state index in [4.69, 9.17) is 11.6 Å². The number of rotatable bonds is 4. The minimum atomic E-state index is -0.149. The van der Waals surface area contributed by atoms with Crippen molar-refractivity contribution in [3.8, 4) is 0 Å². The van der Waals surface area contributed by atoms with Gasteiger partial charge in [-0.15, -0.1) is 0 Å². The average molecular weight is 284 g/mol. The Bertz CT molecular complexity index is 427. The topological polar surface area (TPSA) is 12.0 Å². The zero-order chi connectivity index (χ0) is 13.9. The van der Waals surface area contributed by atoms with Gasteiger partial charge in [-0.3, -0.25) is 0 Å². The number of benzene rings is 1. The highest BCUT2D eigenvalue weighted by Gasteiger charge is 2.34. The first-order valence-electron chi connectivity index (χ1n) is 7.16. The Morgan fingerprint density at radius 2 is 2.00 bits per heavy atom. The minimum Gasteiger partial charge on any atom is -0.316 e. The van der Waals surface area contributed by atoms with Gasteiger partial charge in [-0.05, 0) is 55.5 Å². The van der Waals surface area contributed by atoms with Crippen molar-refractivity contribution in [2.75, 3.05) is 7.05 Å². The van der Waals surface area contributed by atoms with E-state index < -0.39 is 0 Å². The second-order valence-corrected chi connectivity index (χ2v) is 6.43. The monoisotopic (exact) mass is 283 g/mol. The molecule has 1 aliphatic carbocycles. The van der Waals surface area contributed by atoms with Gasteiger partial charge in [-0.1, -0.05) is 37.8 Å². The molecule has 0 radical (unpaired) electrons. The zero-order valence-corrected chi connectivity index (χ0v) is 12.6. The van der Waals surface area contributed by atoms with Crippen LogP contribution in [0, 0.1) is 11.2 Å². The van der Waals surface area contributed by atoms with E-state index >= 15 is 0 Å². The van der Waals surface area contributed by atoms with E-state index in [1.54, 1.807) is 12.1 Å². The Morgan fingerprint density at radius 1 is 1.32 bits per heavy atom. The van der Waals surface area contributed by atoms with Gasteiger partial charge < -0.3 is 5.32 Å². The van der Waals surface area contributed by atoms with Crippen molar-refractivity contribution < 1.29 is 4.39 Å². The molecule has 1 aromatic carbocycles. The fraction of sp³-hybridized carbons (Fsp3) is 0.625. The van der Waals surface area contributed by atoms with Gasteiger partial charge in [0.25, 0.3) is 0 Å². The number of hydrogen-bond acceptors (Lipinski definition) is 1. The fourth-order valence-electron chi connectivity index (χ4n) is 3.32. The lowest BCUT2D eigenvalue weighted by Gasteiger charge is -2.41. The largest absolute Gasteiger partial charge is 0.316 e. The third kappa shape index (κ3) is 3.49. The van der Waals surface area contributed by atoms with Gasteiger partial charge >= 0.3 is 0 Å². The van der Waals surface area contributed by atoms with Gasteiger partial charge in [0, 0.05) is 11.1 Å². The summed E-state index contributed by atoms with van der Waals surface area (Å²) in [5.41, 5.74) is 0.987. The first-order chi connectivity index (χ1) is 9.05. The summed E-state index contributed by atoms with van der Waals surface area (Å²) in [5.74, 6) is -0.149. The van der Waals surface area contributed by atoms with Gasteiger partial charge in [-0.2, -0.15) is 0 Å². The molecule has 0 spiro atoms. The van der Waals surface area contributed by atoms with Crippen LogP contribution in [0.4, 0.5) is 4.39 Å². The Balaban J connectivity index is 2.16. The van der Waals surface area contributed by atoms with E-state index in [1.165, 1.54) is 38.2 Å². The molecule has 1 aliphatic rings. The maximum atomic E-state index is 13.9. The zero-order valence-electron chi connectivity index (χ0n) is 11.8. The van der Waals surface area contributed by atoms with Crippen molar-refractivity contribution in [2.45, 2.75) is 51.5 Å². The molecule has 1 N–H and O–H groups in total. The quantitative estimate of drug-likeness (QED) is 0.853. The second kappa shape index (κ2) is 6.23. The van der Waals surface area contributed by atoms with Crippen molar-refractivity contribution in [3.63, 3.8) is 0 Å². The van der Waals surface area contributed by atoms with Crippen LogP contribution in [0.2, 0.25) is 5.02 Å². The molecule has 0 saturated heterocycles. The van der Waals surface area contributed by atoms with Crippen molar-refractivity contribution in [1.29, 1.82) is 0 Å². The van der Waals surface area contributed by atoms with Crippen molar-refractivity contribution >= 4 is 11.6 Å². The predicted molar refractivity (Wildman–Crippen MR) is 79.2 cm³/mol. The van der Waals surface area contributed by atoms with E-state index in [0.717, 1.165) is 5.56 Å². The van der Waals surface area contributed by atoms with Crippen LogP contribution in [-0.2, 0) is 6.42 Å². The van der Waals surface area contributed by atoms with Crippen molar-refractivity contribution in [2.24, 2.45) is 5.41 Å². The van der Waals surface area contributed by atoms with E-state index in [9.17, 15) is 4.39 Å². The molecular weight excluding hydrogens is 261 g/mol. The van der Waals surface area contributed by atoms with Gasteiger partial charge in [-0.25, -0.2) is 4.39 Å². The third-order valence-corrected chi connectivity index (χ3v) is 4.85. The van der Waals surface area contributed by atoms with E-state index in [2.05, 4.69) is 12.2 Å². The first kappa shape index (κ1) is 14.8. The summed E-state index contributed by atoms with van der Waals surface area (Å²) in [6.45, 7) is 2.33. The molecule has 0 amide bonds. The number of halogens is 2. The van der Waals surface area contributed by atoms with Crippen LogP contribution < -0.4 is 5.32 Å². The van der Waals surface area contributed by atoms with Crippen molar-refractivity contribution in [3.05, 3.63) is 34.6 Å². The molecule has 1 aromatic rings. The summed E-state index contributed by atoms with van der Waals surface area (Å²) in [5, 5.41) is 4.01. The first-order valence-corrected chi connectivity index (χ1v) is 7.54. The summed E-state index contributed by atoms with van der Waals surface area (Å²) in [7, 11) is 1.98. The molecule has 0 heterocycles. The van der Waals surface area contributed by atoms with Crippen molar-refractivity contribution in [1.82, 2.24) is 5.32 Å². The van der Waals surface area contributed by atoms with Crippen LogP contribution in [0.25, 0.3) is 0 Å². The third-order valence-electron chi connectivity index (χ3n) is 4.62. The summed E-state index contributed by atoms with van der Waals surface area (Å²) in [6, 6.07) is 5.14. The van der Waals surface area contributed by atoms with Crippen LogP contribution in [0.3, 0.4) is 0 Å². The van der Waals surface area contributed by atoms with Gasteiger partial charge in [0.2, 0.25) is 0 Å². The predicted octanol–water partition coefficient (Wildman–Crippen LogP) is 4.58. The Hall–Kier alpha value is -0.600. The molecule has 0 aromatic heterocycles. The molecule has 1 fully saturated rings. The maximum absolute atomic E-state index is 13.9. The van der Waals surface area contributed by atoms with Gasteiger partial charge in [0.05, 0.1) is 0 Å². The summed E-state index contributed by atoms with van der Waals surface area (Å²) in [4.78, 5) is 0. The molecule has 0 bridgehead atoms. The lowest BCUT2D eigenvalue weighted by Crippen LogP contribution is -2.44. The smallest absolute Gasteiger partial charge is 0.126 e. The van der Waals surface area contributed by atoms with Gasteiger partial charge in [0.1, 0.15) is 5.82 Å². The molecule has 19 heavy (non-hydrogen) atoms. The molecule has 1 unspecified atom stereocenters. The molecule has 1 atom stereocenters. The summed E-state index contributed by atoms with van der Waals surface area (Å²) >= 11 is 5.98. The minimum absolute atomic E-state index is 0.149. The highest BCUT2D eigenvalue weighted by atomic mass is 35.5. The standard InChI is InChI=1S/C16H23ClFN/c1-16(8-4-3-5-9-16)15(19-2)11-12-10-13(17)6-7-14(12)18/h6-7,10,15,19H,3-5,8-9,11H2,1-2H3. The lowest BCUT2D eigenvalue weighted by atomic mass is 9.69. The maximum Gasteiger partial charge on any atom is 0.126 e. The molecule has 1 nitrogen and oxygen atoms in total. The molecule has 3 heteroatoms. The fourth-order valence-corrected chi connectivity index (χ4v) is 3.52. The van der Waals surface area contributed by atoms with Gasteiger partial charge in [0.15, 0.2) is 0 Å². The van der Waals surface area contributed by atoms with E-state index in [1.807, 2.05) is 7.05 Å². The Kier molecular flexibility index (Phi) is 4.86. The molecule has 1 saturated carbocycles. The molecule has 0 aliphatic heterocycles. The second-order valence-electron chi connectivity index (χ2n) is 6.00. The SMILES string of the molecule is CNC(Cc1cc(Cl)ccc1F)C1(C)CCCCC1. The number of nitrogens with one attached hydrogen (secondary N) is 1. The normalized spacial score (nSPS) is 20.2. The van der Waals surface area contributed by atoms with Crippen LogP contribution >= 0.6 is 11.6 Å². The summed E-state index contributed by atoms with van der Waals surface area (Å²) in [6.07, 6.45) is 7.05. The average Bonchev–Trinajstić information content (AvgIpc) is 2.40. The molecule has 106 valence electrons. The van der Waals surface area contributed by atoms with E-state index in [0.29, 0.717) is 17.5 Å². The van der Waals surface area contributed by atoms with Crippen LogP contribution in [0.5, 0.6) is 0 Å². The number of hydrogen-bond donors (Lipinski definition) is 1. The Labute approximate surface area is 120 Å². The van der Waals surface area contributed by atoms with Crippen LogP contribution in [0.15, 0.2) is 18.2 Å². The lowest BCUT2D eigenvalue weighted by molar-refractivity contribution is 0.148.